The molecule has 1 heterocycles. The quantitative estimate of drug-likeness (QED) is 0.736. The highest BCUT2D eigenvalue weighted by atomic mass is 32.2. The maximum absolute atomic E-state index is 14.1. The topological polar surface area (TPSA) is 74.8 Å². The van der Waals surface area contributed by atoms with Crippen molar-refractivity contribution in [1.82, 2.24) is 4.31 Å². The fourth-order valence-electron chi connectivity index (χ4n) is 2.99. The average Bonchev–Trinajstić information content (AvgIpc) is 2.62. The van der Waals surface area contributed by atoms with E-state index in [1.807, 2.05) is 0 Å². The Morgan fingerprint density at radius 1 is 0.821 bits per heavy atom. The lowest BCUT2D eigenvalue weighted by Gasteiger charge is -2.35. The largest absolute Gasteiger partial charge is 0.366 e. The highest BCUT2D eigenvalue weighted by Gasteiger charge is 2.30. The Hall–Kier alpha value is -2.11. The second kappa shape index (κ2) is 7.37. The van der Waals surface area contributed by atoms with Crippen LogP contribution in [0.15, 0.2) is 46.2 Å². The summed E-state index contributed by atoms with van der Waals surface area (Å²) in [5.74, 6) is -2.37. The fraction of sp³-hybridized carbons (Fsp3) is 0.294. The van der Waals surface area contributed by atoms with Crippen molar-refractivity contribution in [2.24, 2.45) is 0 Å². The molecule has 0 bridgehead atoms. The molecule has 0 aliphatic carbocycles. The second-order valence-corrected chi connectivity index (χ2v) is 10.3. The molecule has 1 aliphatic rings. The van der Waals surface area contributed by atoms with Crippen LogP contribution < -0.4 is 4.90 Å². The molecule has 152 valence electrons. The minimum Gasteiger partial charge on any atom is -0.366 e. The van der Waals surface area contributed by atoms with Crippen LogP contribution in [0.5, 0.6) is 0 Å². The van der Waals surface area contributed by atoms with Gasteiger partial charge in [0, 0.05) is 38.5 Å². The monoisotopic (exact) mass is 434 g/mol. The molecule has 1 fully saturated rings. The third kappa shape index (κ3) is 4.01. The maximum Gasteiger partial charge on any atom is 0.243 e. The van der Waals surface area contributed by atoms with E-state index in [0.29, 0.717) is 6.07 Å². The molecule has 2 aromatic carbocycles. The van der Waals surface area contributed by atoms with Crippen LogP contribution in [0, 0.1) is 17.5 Å². The normalized spacial score (nSPS) is 16.4. The number of nitrogens with zero attached hydrogens (tertiary/aromatic N) is 2. The number of piperazine rings is 1. The van der Waals surface area contributed by atoms with Crippen LogP contribution >= 0.6 is 0 Å². The molecule has 11 heteroatoms. The van der Waals surface area contributed by atoms with Crippen LogP contribution in [-0.4, -0.2) is 53.6 Å². The SMILES string of the molecule is CS(=O)(=O)c1ccc(S(=O)(=O)N2CCN(c3cc(F)ccc3F)CC2)cc1F. The van der Waals surface area contributed by atoms with E-state index in [4.69, 9.17) is 0 Å². The summed E-state index contributed by atoms with van der Waals surface area (Å²) in [7, 11) is -7.89. The zero-order valence-electron chi connectivity index (χ0n) is 14.8. The van der Waals surface area contributed by atoms with Gasteiger partial charge in [-0.05, 0) is 30.3 Å². The zero-order chi connectivity index (χ0) is 20.7. The van der Waals surface area contributed by atoms with E-state index in [0.717, 1.165) is 40.9 Å². The van der Waals surface area contributed by atoms with Gasteiger partial charge in [-0.3, -0.25) is 0 Å². The predicted molar refractivity (Wildman–Crippen MR) is 96.8 cm³/mol. The first-order valence-electron chi connectivity index (χ1n) is 8.20. The number of anilines is 1. The number of halogens is 3. The van der Waals surface area contributed by atoms with Crippen molar-refractivity contribution in [2.75, 3.05) is 37.3 Å². The highest BCUT2D eigenvalue weighted by molar-refractivity contribution is 7.90. The summed E-state index contributed by atoms with van der Waals surface area (Å²) in [5, 5.41) is 0. The summed E-state index contributed by atoms with van der Waals surface area (Å²) >= 11 is 0. The van der Waals surface area contributed by atoms with Gasteiger partial charge in [-0.25, -0.2) is 30.0 Å². The third-order valence-electron chi connectivity index (χ3n) is 4.43. The summed E-state index contributed by atoms with van der Waals surface area (Å²) in [6, 6.07) is 5.65. The molecule has 3 rings (SSSR count). The molecule has 1 saturated heterocycles. The molecule has 28 heavy (non-hydrogen) atoms. The van der Waals surface area contributed by atoms with Crippen LogP contribution in [0.4, 0.5) is 18.9 Å². The van der Waals surface area contributed by atoms with Crippen LogP contribution in [-0.2, 0) is 19.9 Å². The molecule has 0 spiro atoms. The van der Waals surface area contributed by atoms with E-state index in [1.54, 1.807) is 0 Å². The molecule has 2 aromatic rings. The van der Waals surface area contributed by atoms with Gasteiger partial charge in [0.05, 0.1) is 10.6 Å². The molecule has 0 saturated carbocycles. The molecule has 0 atom stereocenters. The Morgan fingerprint density at radius 2 is 1.46 bits per heavy atom. The Morgan fingerprint density at radius 3 is 2.04 bits per heavy atom. The van der Waals surface area contributed by atoms with Crippen LogP contribution in [0.25, 0.3) is 0 Å². The smallest absolute Gasteiger partial charge is 0.243 e. The minimum atomic E-state index is -4.07. The number of sulfone groups is 1. The number of benzene rings is 2. The summed E-state index contributed by atoms with van der Waals surface area (Å²) < 4.78 is 90.8. The molecule has 0 unspecified atom stereocenters. The minimum absolute atomic E-state index is 0.0201. The van der Waals surface area contributed by atoms with Gasteiger partial charge in [0.15, 0.2) is 9.84 Å². The highest BCUT2D eigenvalue weighted by Crippen LogP contribution is 2.25. The van der Waals surface area contributed by atoms with Gasteiger partial charge in [0.2, 0.25) is 10.0 Å². The van der Waals surface area contributed by atoms with Crippen LogP contribution in [0.3, 0.4) is 0 Å². The fourth-order valence-corrected chi connectivity index (χ4v) is 5.15. The Balaban J connectivity index is 1.80. The molecular formula is C17H17F3N2O4S2. The second-order valence-electron chi connectivity index (χ2n) is 6.35. The van der Waals surface area contributed by atoms with E-state index in [-0.39, 0.29) is 36.8 Å². The van der Waals surface area contributed by atoms with Crippen molar-refractivity contribution in [2.45, 2.75) is 9.79 Å². The van der Waals surface area contributed by atoms with E-state index in [2.05, 4.69) is 0 Å². The summed E-state index contributed by atoms with van der Waals surface area (Å²) in [5.41, 5.74) is 0.0422. The molecule has 0 N–H and O–H groups in total. The van der Waals surface area contributed by atoms with Gasteiger partial charge in [0.1, 0.15) is 22.3 Å². The van der Waals surface area contributed by atoms with E-state index in [1.165, 1.54) is 4.90 Å². The Bertz CT molecular complexity index is 1110. The Kier molecular flexibility index (Phi) is 5.43. The lowest BCUT2D eigenvalue weighted by atomic mass is 10.2. The zero-order valence-corrected chi connectivity index (χ0v) is 16.4. The molecule has 0 aromatic heterocycles. The molecular weight excluding hydrogens is 417 g/mol. The average molecular weight is 434 g/mol. The van der Waals surface area contributed by atoms with Crippen molar-refractivity contribution < 1.29 is 30.0 Å². The summed E-state index contributed by atoms with van der Waals surface area (Å²) in [6.07, 6.45) is 0.824. The molecule has 0 amide bonds. The van der Waals surface area contributed by atoms with Gasteiger partial charge in [-0.1, -0.05) is 0 Å². The van der Waals surface area contributed by atoms with Gasteiger partial charge in [-0.15, -0.1) is 0 Å². The number of hydrogen-bond donors (Lipinski definition) is 0. The molecule has 1 aliphatic heterocycles. The number of hydrogen-bond acceptors (Lipinski definition) is 5. The van der Waals surface area contributed by atoms with Gasteiger partial charge in [-0.2, -0.15) is 4.31 Å². The maximum atomic E-state index is 14.1. The summed E-state index contributed by atoms with van der Waals surface area (Å²) in [6.45, 7) is 0.189. The van der Waals surface area contributed by atoms with E-state index < -0.39 is 42.2 Å². The van der Waals surface area contributed by atoms with Crippen molar-refractivity contribution in [1.29, 1.82) is 0 Å². The molecule has 6 nitrogen and oxygen atoms in total. The molecule has 0 radical (unpaired) electrons. The third-order valence-corrected chi connectivity index (χ3v) is 7.45. The van der Waals surface area contributed by atoms with Crippen molar-refractivity contribution in [3.63, 3.8) is 0 Å². The van der Waals surface area contributed by atoms with Crippen molar-refractivity contribution in [3.05, 3.63) is 53.8 Å². The van der Waals surface area contributed by atoms with E-state index in [9.17, 15) is 30.0 Å². The number of rotatable bonds is 4. The van der Waals surface area contributed by atoms with Gasteiger partial charge in [0.25, 0.3) is 0 Å². The van der Waals surface area contributed by atoms with E-state index >= 15 is 0 Å². The predicted octanol–water partition coefficient (Wildman–Crippen LogP) is 2.02. The first-order valence-corrected chi connectivity index (χ1v) is 11.5. The van der Waals surface area contributed by atoms with Crippen molar-refractivity contribution >= 4 is 25.5 Å². The number of sulfonamides is 1. The van der Waals surface area contributed by atoms with Crippen LogP contribution in [0.1, 0.15) is 0 Å². The summed E-state index contributed by atoms with van der Waals surface area (Å²) in [4.78, 5) is 0.568. The van der Waals surface area contributed by atoms with Crippen LogP contribution in [0.2, 0.25) is 0 Å². The lowest BCUT2D eigenvalue weighted by Crippen LogP contribution is -2.49. The standard InChI is InChI=1S/C17H17F3N2O4S2/c1-27(23,24)17-5-3-13(11-15(17)20)28(25,26)22-8-6-21(7-9-22)16-10-12(18)2-4-14(16)19/h2-5,10-11H,6-9H2,1H3. The van der Waals surface area contributed by atoms with Gasteiger partial charge >= 0.3 is 0 Å². The first-order chi connectivity index (χ1) is 13.0. The lowest BCUT2D eigenvalue weighted by molar-refractivity contribution is 0.382. The Labute approximate surface area is 161 Å². The first kappa shape index (κ1) is 20.6. The van der Waals surface area contributed by atoms with Gasteiger partial charge < -0.3 is 4.90 Å². The van der Waals surface area contributed by atoms with Crippen molar-refractivity contribution in [3.8, 4) is 0 Å².